The van der Waals surface area contributed by atoms with Crippen LogP contribution in [-0.4, -0.2) is 57.3 Å². The predicted molar refractivity (Wildman–Crippen MR) is 125 cm³/mol. The van der Waals surface area contributed by atoms with Crippen LogP contribution in [0.1, 0.15) is 36.0 Å². The zero-order chi connectivity index (χ0) is 28.3. The number of halogens is 6. The molecule has 0 spiro atoms. The third kappa shape index (κ3) is 4.51. The summed E-state index contributed by atoms with van der Waals surface area (Å²) in [4.78, 5) is 43.8. The molecular formula is C25H20F6N4O4. The quantitative estimate of drug-likeness (QED) is 0.481. The summed E-state index contributed by atoms with van der Waals surface area (Å²) in [7, 11) is 0. The standard InChI is InChI=1S/C25H20F6N4O4/c26-12-7-15(27)20(16(28)8-12)35-9-14(23(39)33-24(25(29,30)31)5-1-2-6-24)21(38)13-3-4-19(32-22(13)35)34-10-17(36)18(37)11-34/h3-4,7-9,17,36H,1-2,5-6,10-11H2,(H,33,39)/t17-/m1/s1. The second-order valence-corrected chi connectivity index (χ2v) is 9.60. The smallest absolute Gasteiger partial charge is 0.383 e. The number of β-amino-alcohol motifs (C(OH)–C–C–N with tert-alkyl or cyclic N) is 1. The largest absolute Gasteiger partial charge is 0.411 e. The van der Waals surface area contributed by atoms with E-state index in [9.17, 15) is 45.8 Å². The number of ketones is 1. The Bertz CT molecular complexity index is 1540. The molecule has 1 amide bonds. The van der Waals surface area contributed by atoms with Crippen molar-refractivity contribution in [1.29, 1.82) is 0 Å². The lowest BCUT2D eigenvalue weighted by molar-refractivity contribution is -0.191. The van der Waals surface area contributed by atoms with Crippen LogP contribution < -0.4 is 15.6 Å². The molecule has 0 radical (unpaired) electrons. The number of carbonyl (C=O) groups is 2. The Morgan fingerprint density at radius 1 is 1.08 bits per heavy atom. The zero-order valence-electron chi connectivity index (χ0n) is 20.0. The van der Waals surface area contributed by atoms with Crippen molar-refractivity contribution in [3.8, 4) is 5.69 Å². The van der Waals surface area contributed by atoms with Crippen molar-refractivity contribution in [3.05, 3.63) is 63.7 Å². The summed E-state index contributed by atoms with van der Waals surface area (Å²) in [6, 6.07) is 3.08. The van der Waals surface area contributed by atoms with Crippen LogP contribution in [-0.2, 0) is 4.79 Å². The fraction of sp³-hybridized carbons (Fsp3) is 0.360. The van der Waals surface area contributed by atoms with Crippen molar-refractivity contribution in [3.63, 3.8) is 0 Å². The number of benzene rings is 1. The van der Waals surface area contributed by atoms with Crippen LogP contribution in [0.2, 0.25) is 0 Å². The van der Waals surface area contributed by atoms with Crippen LogP contribution in [0, 0.1) is 17.5 Å². The average molecular weight is 554 g/mol. The van der Waals surface area contributed by atoms with Gasteiger partial charge in [0.15, 0.2) is 23.1 Å². The van der Waals surface area contributed by atoms with Gasteiger partial charge in [-0.2, -0.15) is 13.2 Å². The van der Waals surface area contributed by atoms with Gasteiger partial charge < -0.3 is 15.3 Å². The number of alkyl halides is 3. The number of anilines is 1. The fourth-order valence-corrected chi connectivity index (χ4v) is 5.05. The molecule has 2 aromatic heterocycles. The summed E-state index contributed by atoms with van der Waals surface area (Å²) >= 11 is 0. The second kappa shape index (κ2) is 9.36. The number of carbonyl (C=O) groups excluding carboxylic acids is 2. The van der Waals surface area contributed by atoms with Crippen molar-refractivity contribution in [2.24, 2.45) is 0 Å². The van der Waals surface area contributed by atoms with E-state index in [4.69, 9.17) is 0 Å². The zero-order valence-corrected chi connectivity index (χ0v) is 20.0. The van der Waals surface area contributed by atoms with Crippen LogP contribution in [0.4, 0.5) is 32.2 Å². The third-order valence-corrected chi connectivity index (χ3v) is 7.09. The van der Waals surface area contributed by atoms with Crippen molar-refractivity contribution in [2.45, 2.75) is 43.5 Å². The molecule has 1 aliphatic carbocycles. The highest BCUT2D eigenvalue weighted by molar-refractivity contribution is 5.98. The Balaban J connectivity index is 1.71. The van der Waals surface area contributed by atoms with Gasteiger partial charge in [-0.05, 0) is 25.0 Å². The Morgan fingerprint density at radius 2 is 1.72 bits per heavy atom. The Morgan fingerprint density at radius 3 is 2.28 bits per heavy atom. The maximum absolute atomic E-state index is 14.9. The summed E-state index contributed by atoms with van der Waals surface area (Å²) in [5.74, 6) is -6.03. The number of aliphatic hydroxyl groups excluding tert-OH is 1. The SMILES string of the molecule is O=C(NC1(C(F)(F)F)CCCC1)c1cn(-c2c(F)cc(F)cc2F)c2nc(N3CC(=O)[C@H](O)C3)ccc2c1=O. The number of nitrogens with zero attached hydrogens (tertiary/aromatic N) is 3. The second-order valence-electron chi connectivity index (χ2n) is 9.60. The molecule has 3 heterocycles. The molecule has 1 saturated carbocycles. The predicted octanol–water partition coefficient (Wildman–Crippen LogP) is 3.16. The van der Waals surface area contributed by atoms with Crippen LogP contribution in [0.3, 0.4) is 0 Å². The molecule has 39 heavy (non-hydrogen) atoms. The van der Waals surface area contributed by atoms with Gasteiger partial charge in [0.25, 0.3) is 5.91 Å². The van der Waals surface area contributed by atoms with E-state index >= 15 is 0 Å². The molecular weight excluding hydrogens is 534 g/mol. The van der Waals surface area contributed by atoms with Gasteiger partial charge in [0.05, 0.1) is 18.5 Å². The van der Waals surface area contributed by atoms with Crippen molar-refractivity contribution < 1.29 is 41.0 Å². The first kappa shape index (κ1) is 26.7. The number of pyridine rings is 2. The van der Waals surface area contributed by atoms with Gasteiger partial charge in [0.1, 0.15) is 34.5 Å². The molecule has 0 bridgehead atoms. The number of Topliss-reactive ketones (excluding diaryl/α,β-unsaturated/α-hetero) is 1. The van der Waals surface area contributed by atoms with E-state index < -0.39 is 82.1 Å². The number of hydrogen-bond acceptors (Lipinski definition) is 6. The molecule has 0 unspecified atom stereocenters. The lowest BCUT2D eigenvalue weighted by atomic mass is 9.96. The van der Waals surface area contributed by atoms with Crippen molar-refractivity contribution in [2.75, 3.05) is 18.0 Å². The molecule has 2 fully saturated rings. The third-order valence-electron chi connectivity index (χ3n) is 7.09. The molecule has 1 saturated heterocycles. The molecule has 206 valence electrons. The van der Waals surface area contributed by atoms with Gasteiger partial charge in [0, 0.05) is 18.3 Å². The number of rotatable bonds is 4. The topological polar surface area (TPSA) is 105 Å². The molecule has 1 aromatic carbocycles. The van der Waals surface area contributed by atoms with E-state index in [-0.39, 0.29) is 37.1 Å². The number of aliphatic hydroxyl groups is 1. The summed E-state index contributed by atoms with van der Waals surface area (Å²) in [5, 5.41) is 11.3. The molecule has 1 atom stereocenters. The number of fused-ring (bicyclic) bond motifs is 1. The Labute approximate surface area is 215 Å². The van der Waals surface area contributed by atoms with Crippen LogP contribution in [0.25, 0.3) is 16.7 Å². The van der Waals surface area contributed by atoms with Crippen molar-refractivity contribution in [1.82, 2.24) is 14.9 Å². The molecule has 1 aliphatic heterocycles. The lowest BCUT2D eigenvalue weighted by Gasteiger charge is -2.32. The van der Waals surface area contributed by atoms with E-state index in [0.29, 0.717) is 22.9 Å². The minimum Gasteiger partial charge on any atom is -0.383 e. The molecule has 14 heteroatoms. The van der Waals surface area contributed by atoms with E-state index in [1.807, 2.05) is 5.32 Å². The van der Waals surface area contributed by atoms with Crippen LogP contribution in [0.5, 0.6) is 0 Å². The highest BCUT2D eigenvalue weighted by Crippen LogP contribution is 2.43. The minimum absolute atomic E-state index is 0.0302. The summed E-state index contributed by atoms with van der Waals surface area (Å²) < 4.78 is 85.7. The Kier molecular flexibility index (Phi) is 6.40. The number of amides is 1. The summed E-state index contributed by atoms with van der Waals surface area (Å²) in [6.07, 6.45) is -5.91. The van der Waals surface area contributed by atoms with E-state index in [0.717, 1.165) is 6.07 Å². The number of nitrogens with one attached hydrogen (secondary N) is 1. The van der Waals surface area contributed by atoms with Crippen LogP contribution >= 0.6 is 0 Å². The maximum Gasteiger partial charge on any atom is 0.411 e. The first-order chi connectivity index (χ1) is 18.3. The maximum atomic E-state index is 14.9. The monoisotopic (exact) mass is 554 g/mol. The molecule has 8 nitrogen and oxygen atoms in total. The van der Waals surface area contributed by atoms with Gasteiger partial charge in [-0.25, -0.2) is 18.2 Å². The van der Waals surface area contributed by atoms with E-state index in [2.05, 4.69) is 4.98 Å². The average Bonchev–Trinajstić information content (AvgIpc) is 3.46. The minimum atomic E-state index is -4.82. The lowest BCUT2D eigenvalue weighted by Crippen LogP contribution is -2.57. The molecule has 2 N–H and O–H groups in total. The van der Waals surface area contributed by atoms with E-state index in [1.54, 1.807) is 0 Å². The number of hydrogen-bond donors (Lipinski definition) is 2. The van der Waals surface area contributed by atoms with Gasteiger partial charge in [-0.3, -0.25) is 19.0 Å². The fourth-order valence-electron chi connectivity index (χ4n) is 5.05. The van der Waals surface area contributed by atoms with E-state index in [1.165, 1.54) is 11.0 Å². The highest BCUT2D eigenvalue weighted by Gasteiger charge is 2.57. The first-order valence-corrected chi connectivity index (χ1v) is 11.9. The first-order valence-electron chi connectivity index (χ1n) is 11.9. The summed E-state index contributed by atoms with van der Waals surface area (Å²) in [6.45, 7) is -0.399. The van der Waals surface area contributed by atoms with Crippen molar-refractivity contribution >= 4 is 28.5 Å². The van der Waals surface area contributed by atoms with Crippen LogP contribution in [0.15, 0.2) is 35.3 Å². The van der Waals surface area contributed by atoms with Gasteiger partial charge in [-0.1, -0.05) is 12.8 Å². The molecule has 3 aromatic rings. The Hall–Kier alpha value is -3.94. The normalized spacial score (nSPS) is 19.2. The number of aromatic nitrogens is 2. The highest BCUT2D eigenvalue weighted by atomic mass is 19.4. The molecule has 5 rings (SSSR count). The van der Waals surface area contributed by atoms with Gasteiger partial charge in [-0.15, -0.1) is 0 Å². The summed E-state index contributed by atoms with van der Waals surface area (Å²) in [5.41, 5.74) is -5.84. The van der Waals surface area contributed by atoms with Gasteiger partial charge in [0.2, 0.25) is 5.43 Å². The van der Waals surface area contributed by atoms with Gasteiger partial charge >= 0.3 is 6.18 Å². The molecule has 2 aliphatic rings.